The van der Waals surface area contributed by atoms with Gasteiger partial charge in [-0.3, -0.25) is 4.79 Å². The predicted molar refractivity (Wildman–Crippen MR) is 90.1 cm³/mol. The fourth-order valence-electron chi connectivity index (χ4n) is 2.43. The van der Waals surface area contributed by atoms with Crippen LogP contribution < -0.4 is 0 Å². The first-order valence-corrected chi connectivity index (χ1v) is 7.85. The summed E-state index contributed by atoms with van der Waals surface area (Å²) < 4.78 is 5.16. The van der Waals surface area contributed by atoms with E-state index in [0.717, 1.165) is 29.1 Å². The summed E-state index contributed by atoms with van der Waals surface area (Å²) in [6.45, 7) is 5.88. The van der Waals surface area contributed by atoms with E-state index < -0.39 is 0 Å². The van der Waals surface area contributed by atoms with Crippen molar-refractivity contribution in [3.05, 3.63) is 52.9 Å². The molecule has 0 aliphatic carbocycles. The summed E-state index contributed by atoms with van der Waals surface area (Å²) in [5.74, 6) is 0.827. The highest BCUT2D eigenvalue weighted by Crippen LogP contribution is 2.15. The molecule has 5 nitrogen and oxygen atoms in total. The zero-order valence-electron chi connectivity index (χ0n) is 14.4. The van der Waals surface area contributed by atoms with Gasteiger partial charge in [-0.2, -0.15) is 0 Å². The van der Waals surface area contributed by atoms with Crippen LogP contribution in [0.15, 0.2) is 34.9 Å². The van der Waals surface area contributed by atoms with E-state index in [2.05, 4.69) is 10.1 Å². The van der Waals surface area contributed by atoms with Crippen molar-refractivity contribution in [1.29, 1.82) is 0 Å². The number of carbonyl (C=O) groups is 1. The van der Waals surface area contributed by atoms with Crippen LogP contribution in [0.2, 0.25) is 0 Å². The van der Waals surface area contributed by atoms with Gasteiger partial charge in [-0.1, -0.05) is 35.5 Å². The van der Waals surface area contributed by atoms with Crippen molar-refractivity contribution < 1.29 is 9.32 Å². The molecule has 0 aliphatic rings. The number of hydrogen-bond donors (Lipinski definition) is 0. The van der Waals surface area contributed by atoms with Crippen LogP contribution in [0.5, 0.6) is 0 Å². The maximum absolute atomic E-state index is 12.8. The quantitative estimate of drug-likeness (QED) is 0.787. The van der Waals surface area contributed by atoms with Crippen molar-refractivity contribution in [1.82, 2.24) is 15.0 Å². The van der Waals surface area contributed by atoms with Crippen LogP contribution >= 0.6 is 0 Å². The zero-order chi connectivity index (χ0) is 16.8. The van der Waals surface area contributed by atoms with Gasteiger partial charge in [0.1, 0.15) is 5.76 Å². The summed E-state index contributed by atoms with van der Waals surface area (Å²) >= 11 is 0. The fourth-order valence-corrected chi connectivity index (χ4v) is 2.43. The Labute approximate surface area is 137 Å². The molecule has 0 aliphatic heterocycles. The minimum absolute atomic E-state index is 0.102. The predicted octanol–water partition coefficient (Wildman–Crippen LogP) is 2.42. The third-order valence-electron chi connectivity index (χ3n) is 3.90. The van der Waals surface area contributed by atoms with Gasteiger partial charge in [-0.25, -0.2) is 0 Å². The lowest BCUT2D eigenvalue weighted by Crippen LogP contribution is -2.37. The molecule has 2 rings (SSSR count). The highest BCUT2D eigenvalue weighted by atomic mass is 16.5. The molecule has 1 aromatic heterocycles. The minimum atomic E-state index is 0.102. The topological polar surface area (TPSA) is 49.6 Å². The van der Waals surface area contributed by atoms with E-state index in [1.165, 1.54) is 0 Å². The number of likely N-dealkylation sites (N-methyl/N-ethyl adjacent to an activating group) is 1. The van der Waals surface area contributed by atoms with E-state index in [-0.39, 0.29) is 5.91 Å². The van der Waals surface area contributed by atoms with Crippen molar-refractivity contribution in [2.45, 2.75) is 26.8 Å². The molecule has 0 radical (unpaired) electrons. The van der Waals surface area contributed by atoms with E-state index in [1.807, 2.05) is 63.2 Å². The minimum Gasteiger partial charge on any atom is -0.361 e. The molecule has 5 heteroatoms. The molecule has 124 valence electrons. The normalized spacial score (nSPS) is 11.0. The van der Waals surface area contributed by atoms with E-state index in [1.54, 1.807) is 0 Å². The van der Waals surface area contributed by atoms with E-state index in [9.17, 15) is 4.79 Å². The zero-order valence-corrected chi connectivity index (χ0v) is 14.4. The number of hydrogen-bond acceptors (Lipinski definition) is 4. The van der Waals surface area contributed by atoms with Gasteiger partial charge in [0.2, 0.25) is 5.91 Å². The Morgan fingerprint density at radius 2 is 1.83 bits per heavy atom. The highest BCUT2D eigenvalue weighted by molar-refractivity contribution is 5.79. The van der Waals surface area contributed by atoms with Crippen LogP contribution in [0.25, 0.3) is 0 Å². The van der Waals surface area contributed by atoms with Gasteiger partial charge in [-0.15, -0.1) is 0 Å². The van der Waals surface area contributed by atoms with Gasteiger partial charge < -0.3 is 14.3 Å². The molecule has 1 heterocycles. The Morgan fingerprint density at radius 1 is 1.13 bits per heavy atom. The average molecular weight is 315 g/mol. The van der Waals surface area contributed by atoms with E-state index in [4.69, 9.17) is 4.52 Å². The SMILES string of the molecule is Cc1noc(C)c1CC(=O)N(CCN(C)C)Cc1ccccc1. The molecule has 0 spiro atoms. The van der Waals surface area contributed by atoms with Crippen LogP contribution in [-0.2, 0) is 17.8 Å². The molecular weight excluding hydrogens is 290 g/mol. The largest absolute Gasteiger partial charge is 0.361 e. The first kappa shape index (κ1) is 17.2. The lowest BCUT2D eigenvalue weighted by Gasteiger charge is -2.24. The Morgan fingerprint density at radius 3 is 2.39 bits per heavy atom. The molecular formula is C18H25N3O2. The van der Waals surface area contributed by atoms with Crippen molar-refractivity contribution in [2.24, 2.45) is 0 Å². The number of carbonyl (C=O) groups excluding carboxylic acids is 1. The number of amides is 1. The Kier molecular flexibility index (Phi) is 5.93. The van der Waals surface area contributed by atoms with Crippen LogP contribution in [0, 0.1) is 13.8 Å². The van der Waals surface area contributed by atoms with Crippen molar-refractivity contribution >= 4 is 5.91 Å². The van der Waals surface area contributed by atoms with Gasteiger partial charge in [0.15, 0.2) is 0 Å². The number of aromatic nitrogens is 1. The summed E-state index contributed by atoms with van der Waals surface area (Å²) in [4.78, 5) is 16.8. The van der Waals surface area contributed by atoms with Gasteiger partial charge in [0, 0.05) is 25.2 Å². The van der Waals surface area contributed by atoms with E-state index in [0.29, 0.717) is 19.5 Å². The first-order chi connectivity index (χ1) is 11.0. The Hall–Kier alpha value is -2.14. The van der Waals surface area contributed by atoms with Crippen molar-refractivity contribution in [3.8, 4) is 0 Å². The van der Waals surface area contributed by atoms with E-state index >= 15 is 0 Å². The molecule has 0 unspecified atom stereocenters. The molecule has 1 aromatic carbocycles. The lowest BCUT2D eigenvalue weighted by molar-refractivity contribution is -0.131. The molecule has 1 amide bonds. The Balaban J connectivity index is 2.10. The van der Waals surface area contributed by atoms with Crippen LogP contribution in [-0.4, -0.2) is 48.0 Å². The first-order valence-electron chi connectivity index (χ1n) is 7.85. The maximum Gasteiger partial charge on any atom is 0.227 e. The summed E-state index contributed by atoms with van der Waals surface area (Å²) in [6, 6.07) is 10.1. The molecule has 0 atom stereocenters. The fraction of sp³-hybridized carbons (Fsp3) is 0.444. The third-order valence-corrected chi connectivity index (χ3v) is 3.90. The number of rotatable bonds is 7. The second-order valence-electron chi connectivity index (χ2n) is 6.08. The smallest absolute Gasteiger partial charge is 0.227 e. The molecule has 2 aromatic rings. The van der Waals surface area contributed by atoms with Gasteiger partial charge in [-0.05, 0) is 33.5 Å². The molecule has 0 saturated carbocycles. The van der Waals surface area contributed by atoms with Crippen molar-refractivity contribution in [2.75, 3.05) is 27.2 Å². The second-order valence-corrected chi connectivity index (χ2v) is 6.08. The summed E-state index contributed by atoms with van der Waals surface area (Å²) in [6.07, 6.45) is 0.335. The third kappa shape index (κ3) is 4.93. The monoisotopic (exact) mass is 315 g/mol. The van der Waals surface area contributed by atoms with Gasteiger partial charge in [0.05, 0.1) is 12.1 Å². The standard InChI is InChI=1S/C18H25N3O2/c1-14-17(15(2)23-19-14)12-18(22)21(11-10-20(3)4)13-16-8-6-5-7-9-16/h5-9H,10-13H2,1-4H3. The molecule has 0 bridgehead atoms. The lowest BCUT2D eigenvalue weighted by atomic mass is 10.1. The number of nitrogens with zero attached hydrogens (tertiary/aromatic N) is 3. The number of benzene rings is 1. The van der Waals surface area contributed by atoms with Crippen LogP contribution in [0.4, 0.5) is 0 Å². The average Bonchev–Trinajstić information content (AvgIpc) is 2.84. The molecule has 0 fully saturated rings. The molecule has 0 N–H and O–H groups in total. The van der Waals surface area contributed by atoms with Crippen LogP contribution in [0.1, 0.15) is 22.6 Å². The van der Waals surface area contributed by atoms with Crippen LogP contribution in [0.3, 0.4) is 0 Å². The van der Waals surface area contributed by atoms with Crippen molar-refractivity contribution in [3.63, 3.8) is 0 Å². The summed E-state index contributed by atoms with van der Waals surface area (Å²) in [7, 11) is 4.03. The maximum atomic E-state index is 12.8. The highest BCUT2D eigenvalue weighted by Gasteiger charge is 2.19. The van der Waals surface area contributed by atoms with Gasteiger partial charge in [0.25, 0.3) is 0 Å². The Bertz CT molecular complexity index is 615. The molecule has 23 heavy (non-hydrogen) atoms. The molecule has 0 saturated heterocycles. The summed E-state index contributed by atoms with van der Waals surface area (Å²) in [5.41, 5.74) is 2.83. The summed E-state index contributed by atoms with van der Waals surface area (Å²) in [5, 5.41) is 3.93. The number of aryl methyl sites for hydroxylation is 2. The second kappa shape index (κ2) is 7.92. The van der Waals surface area contributed by atoms with Gasteiger partial charge >= 0.3 is 0 Å².